The van der Waals surface area contributed by atoms with Gasteiger partial charge in [-0.25, -0.2) is 9.98 Å². The summed E-state index contributed by atoms with van der Waals surface area (Å²) in [6.07, 6.45) is 4.22. The van der Waals surface area contributed by atoms with Crippen LogP contribution in [0.2, 0.25) is 0 Å². The highest BCUT2D eigenvalue weighted by atomic mass is 16.5. The summed E-state index contributed by atoms with van der Waals surface area (Å²) in [5.41, 5.74) is 21.8. The van der Waals surface area contributed by atoms with E-state index < -0.39 is 12.2 Å². The second-order valence-corrected chi connectivity index (χ2v) is 10.3. The minimum Gasteiger partial charge on any atom is -0.492 e. The maximum Gasteiger partial charge on any atom is 0.283 e. The number of ether oxygens (including phenoxy) is 4. The molecule has 252 valence electrons. The Hall–Kier alpha value is -3.96. The normalized spacial score (nSPS) is 26.2. The van der Waals surface area contributed by atoms with Crippen LogP contribution in [0.25, 0.3) is 0 Å². The summed E-state index contributed by atoms with van der Waals surface area (Å²) in [5, 5.41) is 46.8. The fraction of sp³-hybridized carbons (Fsp3) is 0.714. The Bertz CT molecular complexity index is 938. The van der Waals surface area contributed by atoms with Crippen LogP contribution in [0.1, 0.15) is 48.0 Å². The minimum atomic E-state index is -0.580. The van der Waals surface area contributed by atoms with E-state index in [0.29, 0.717) is 6.42 Å². The molecular formula is C28H52N8O8. The molecule has 0 aromatic heterocycles. The average Bonchev–Trinajstić information content (AvgIpc) is 2.94. The quantitative estimate of drug-likeness (QED) is 0.0913. The maximum atomic E-state index is 10.0. The highest BCUT2D eigenvalue weighted by Crippen LogP contribution is 2.32. The van der Waals surface area contributed by atoms with Gasteiger partial charge in [-0.2, -0.15) is 10.5 Å². The van der Waals surface area contributed by atoms with Crippen molar-refractivity contribution in [1.82, 2.24) is 0 Å². The smallest absolute Gasteiger partial charge is 0.283 e. The monoisotopic (exact) mass is 628 g/mol. The van der Waals surface area contributed by atoms with E-state index in [1.807, 2.05) is 53.7 Å². The summed E-state index contributed by atoms with van der Waals surface area (Å²) in [6, 6.07) is -0.294. The van der Waals surface area contributed by atoms with Gasteiger partial charge in [-0.15, -0.1) is 0 Å². The Labute approximate surface area is 260 Å². The van der Waals surface area contributed by atoms with Crippen molar-refractivity contribution in [2.24, 2.45) is 50.7 Å². The number of guanidine groups is 2. The molecule has 2 aliphatic heterocycles. The Morgan fingerprint density at radius 3 is 1.50 bits per heavy atom. The van der Waals surface area contributed by atoms with Gasteiger partial charge in [0, 0.05) is 38.6 Å². The molecule has 0 aromatic carbocycles. The third-order valence-corrected chi connectivity index (χ3v) is 7.00. The molecule has 0 amide bonds. The number of allylic oxidation sites excluding steroid dienone is 2. The Balaban J connectivity index is 0. The van der Waals surface area contributed by atoms with Crippen molar-refractivity contribution in [2.75, 3.05) is 20.8 Å². The molecule has 0 aromatic rings. The SMILES string of the molecule is CC[C@@H](O)[C@@H](OC)[C@@H]1OC(C)=C[C@H](N=C(N)N)[C@H]1C.CO[C@@H]([C@@H]1OC(C)=C[C@H](N=C(N)N)[C@H]1C)[C@H](C)CO.N#CO.N#CO. The van der Waals surface area contributed by atoms with E-state index in [0.717, 1.165) is 24.0 Å². The van der Waals surface area contributed by atoms with Crippen molar-refractivity contribution in [3.63, 3.8) is 0 Å². The molecule has 0 bridgehead atoms. The first-order valence-electron chi connectivity index (χ1n) is 13.9. The lowest BCUT2D eigenvalue weighted by atomic mass is 9.85. The number of hydrogen-bond donors (Lipinski definition) is 8. The van der Waals surface area contributed by atoms with E-state index >= 15 is 0 Å². The minimum absolute atomic E-state index is 0.0111. The van der Waals surface area contributed by atoms with Gasteiger partial charge in [-0.05, 0) is 32.4 Å². The number of aliphatic hydroxyl groups excluding tert-OH is 4. The molecular weight excluding hydrogens is 576 g/mol. The van der Waals surface area contributed by atoms with Gasteiger partial charge in [0.15, 0.2) is 11.9 Å². The number of aliphatic hydroxyl groups is 4. The molecule has 2 rings (SSSR count). The van der Waals surface area contributed by atoms with E-state index in [9.17, 15) is 10.2 Å². The van der Waals surface area contributed by atoms with Crippen LogP contribution >= 0.6 is 0 Å². The summed E-state index contributed by atoms with van der Waals surface area (Å²) in [5.74, 6) is 1.66. The molecule has 16 nitrogen and oxygen atoms in total. The average molecular weight is 629 g/mol. The Morgan fingerprint density at radius 1 is 0.886 bits per heavy atom. The molecule has 0 radical (unpaired) electrons. The van der Waals surface area contributed by atoms with E-state index in [1.165, 1.54) is 0 Å². The zero-order valence-electron chi connectivity index (χ0n) is 26.9. The first-order chi connectivity index (χ1) is 20.6. The molecule has 0 aliphatic carbocycles. The van der Waals surface area contributed by atoms with Crippen LogP contribution in [0.5, 0.6) is 0 Å². The zero-order chi connectivity index (χ0) is 34.6. The van der Waals surface area contributed by atoms with Gasteiger partial charge < -0.3 is 62.3 Å². The Morgan fingerprint density at radius 2 is 1.23 bits per heavy atom. The first kappa shape index (κ1) is 42.2. The zero-order valence-corrected chi connectivity index (χ0v) is 26.9. The second-order valence-electron chi connectivity index (χ2n) is 10.3. The van der Waals surface area contributed by atoms with E-state index in [2.05, 4.69) is 9.98 Å². The van der Waals surface area contributed by atoms with Crippen LogP contribution < -0.4 is 22.9 Å². The van der Waals surface area contributed by atoms with Crippen LogP contribution in [0.3, 0.4) is 0 Å². The lowest BCUT2D eigenvalue weighted by molar-refractivity contribution is -0.115. The summed E-state index contributed by atoms with van der Waals surface area (Å²) < 4.78 is 22.6. The van der Waals surface area contributed by atoms with Gasteiger partial charge in [-0.3, -0.25) is 0 Å². The topological polar surface area (TPSA) is 294 Å². The summed E-state index contributed by atoms with van der Waals surface area (Å²) in [6.45, 7) is 11.6. The maximum absolute atomic E-state index is 10.0. The number of methoxy groups -OCH3 is 2. The van der Waals surface area contributed by atoms with Gasteiger partial charge in [0.2, 0.25) is 0 Å². The standard InChI is InChI=1S/2C13H25N3O3.2CHNO/c1-7(6-17)11(18-4)12-9(3)10(16-13(14)15)5-8(2)19-12;1-5-10(17)12(18-4)11-8(3)9(16-13(14)15)6-7(2)19-11;2*2-1-3/h5,7,9-12,17H,6H2,1-4H3,(H4,14,15,16);6,8-12,17H,5H2,1-4H3,(H4,14,15,16);2*3H/t7-,9-,10+,11-,12-;8-,9+,10-,11-,12-;;/m11../s1. The van der Waals surface area contributed by atoms with Crippen LogP contribution in [0, 0.1) is 40.8 Å². The fourth-order valence-electron chi connectivity index (χ4n) is 4.82. The van der Waals surface area contributed by atoms with Gasteiger partial charge in [0.25, 0.3) is 12.5 Å². The number of rotatable bonds is 10. The molecule has 44 heavy (non-hydrogen) atoms. The van der Waals surface area contributed by atoms with Crippen LogP contribution in [0.4, 0.5) is 0 Å². The molecule has 0 unspecified atom stereocenters. The van der Waals surface area contributed by atoms with Crippen LogP contribution in [-0.4, -0.2) is 95.8 Å². The molecule has 2 aliphatic rings. The third kappa shape index (κ3) is 14.5. The first-order valence-corrected chi connectivity index (χ1v) is 13.9. The van der Waals surface area contributed by atoms with E-state index in [-0.39, 0.29) is 66.7 Å². The number of nitrogens with two attached hydrogens (primary N) is 4. The Kier molecular flexibility index (Phi) is 21.6. The van der Waals surface area contributed by atoms with Gasteiger partial charge in [-0.1, -0.05) is 27.7 Å². The molecule has 16 heteroatoms. The lowest BCUT2D eigenvalue weighted by Crippen LogP contribution is -2.48. The van der Waals surface area contributed by atoms with Crippen molar-refractivity contribution in [1.29, 1.82) is 10.5 Å². The van der Waals surface area contributed by atoms with Crippen LogP contribution in [-0.2, 0) is 18.9 Å². The van der Waals surface area contributed by atoms with Crippen molar-refractivity contribution < 1.29 is 39.4 Å². The van der Waals surface area contributed by atoms with E-state index in [1.54, 1.807) is 14.2 Å². The highest BCUT2D eigenvalue weighted by molar-refractivity contribution is 5.76. The second kappa shape index (κ2) is 22.6. The van der Waals surface area contributed by atoms with Gasteiger partial charge in [0.05, 0.1) is 35.8 Å². The molecule has 12 N–H and O–H groups in total. The van der Waals surface area contributed by atoms with Crippen molar-refractivity contribution in [3.8, 4) is 12.5 Å². The third-order valence-electron chi connectivity index (χ3n) is 7.00. The molecule has 0 fully saturated rings. The molecule has 0 saturated heterocycles. The molecule has 10 atom stereocenters. The molecule has 2 heterocycles. The van der Waals surface area contributed by atoms with Crippen molar-refractivity contribution in [3.05, 3.63) is 23.7 Å². The van der Waals surface area contributed by atoms with Gasteiger partial charge in [0.1, 0.15) is 18.3 Å². The number of hydrogen-bond acceptors (Lipinski definition) is 12. The lowest BCUT2D eigenvalue weighted by Gasteiger charge is -2.39. The predicted molar refractivity (Wildman–Crippen MR) is 164 cm³/mol. The van der Waals surface area contributed by atoms with E-state index in [4.69, 9.17) is 62.6 Å². The summed E-state index contributed by atoms with van der Waals surface area (Å²) in [7, 11) is 3.19. The molecule has 0 saturated carbocycles. The number of aliphatic imine (C=N–C) groups is 2. The van der Waals surface area contributed by atoms with Gasteiger partial charge >= 0.3 is 0 Å². The van der Waals surface area contributed by atoms with Crippen LogP contribution in [0.15, 0.2) is 33.7 Å². The number of nitriles is 2. The predicted octanol–water partition coefficient (Wildman–Crippen LogP) is 0.243. The fourth-order valence-corrected chi connectivity index (χ4v) is 4.82. The largest absolute Gasteiger partial charge is 0.492 e. The number of nitrogens with zero attached hydrogens (tertiary/aromatic N) is 4. The summed E-state index contributed by atoms with van der Waals surface area (Å²) in [4.78, 5) is 8.42. The highest BCUT2D eigenvalue weighted by Gasteiger charge is 2.40. The molecule has 0 spiro atoms. The van der Waals surface area contributed by atoms with Crippen molar-refractivity contribution >= 4 is 11.9 Å². The van der Waals surface area contributed by atoms with Crippen molar-refractivity contribution in [2.45, 2.75) is 90.6 Å². The summed E-state index contributed by atoms with van der Waals surface area (Å²) >= 11 is 0.